The van der Waals surface area contributed by atoms with E-state index >= 15 is 0 Å². The number of nitrogens with one attached hydrogen (secondary N) is 2. The van der Waals surface area contributed by atoms with Crippen molar-refractivity contribution in [1.82, 2.24) is 20.5 Å². The zero-order valence-corrected chi connectivity index (χ0v) is 17.2. The molecule has 0 aliphatic carbocycles. The van der Waals surface area contributed by atoms with Crippen LogP contribution in [-0.4, -0.2) is 42.0 Å². The number of likely N-dealkylation sites (tertiary alicyclic amines) is 1. The van der Waals surface area contributed by atoms with Crippen molar-refractivity contribution in [1.29, 1.82) is 0 Å². The number of rotatable bonds is 7. The Balaban J connectivity index is 1.41. The van der Waals surface area contributed by atoms with Crippen molar-refractivity contribution in [3.05, 3.63) is 65.5 Å². The molecule has 0 radical (unpaired) electrons. The molecule has 0 saturated carbocycles. The van der Waals surface area contributed by atoms with E-state index in [1.165, 1.54) is 36.9 Å². The van der Waals surface area contributed by atoms with Crippen molar-refractivity contribution < 1.29 is 0 Å². The molecule has 0 bridgehead atoms. The molecule has 150 valence electrons. The Labute approximate surface area is 169 Å². The van der Waals surface area contributed by atoms with Crippen molar-refractivity contribution in [2.24, 2.45) is 4.99 Å². The smallest absolute Gasteiger partial charge is 0.191 e. The zero-order valence-electron chi connectivity index (χ0n) is 17.2. The number of hydrogen-bond donors (Lipinski definition) is 2. The summed E-state index contributed by atoms with van der Waals surface area (Å²) in [5.41, 5.74) is 3.75. The molecule has 5 nitrogen and oxygen atoms in total. The average Bonchev–Trinajstić information content (AvgIpc) is 2.74. The monoisotopic (exact) mass is 379 g/mol. The Bertz CT molecular complexity index is 726. The lowest BCUT2D eigenvalue weighted by molar-refractivity contribution is 0.152. The summed E-state index contributed by atoms with van der Waals surface area (Å²) < 4.78 is 0. The maximum absolute atomic E-state index is 4.35. The van der Waals surface area contributed by atoms with E-state index in [1.54, 1.807) is 7.05 Å². The first-order valence-corrected chi connectivity index (χ1v) is 10.4. The summed E-state index contributed by atoms with van der Waals surface area (Å²) in [6.45, 7) is 6.22. The molecular weight excluding hydrogens is 346 g/mol. The van der Waals surface area contributed by atoms with Gasteiger partial charge in [0.25, 0.3) is 0 Å². The molecule has 5 heteroatoms. The summed E-state index contributed by atoms with van der Waals surface area (Å²) >= 11 is 0. The first-order valence-electron chi connectivity index (χ1n) is 10.4. The van der Waals surface area contributed by atoms with Crippen LogP contribution in [0.1, 0.15) is 43.0 Å². The van der Waals surface area contributed by atoms with E-state index in [9.17, 15) is 0 Å². The van der Waals surface area contributed by atoms with E-state index in [0.29, 0.717) is 6.04 Å². The number of piperidine rings is 1. The van der Waals surface area contributed by atoms with Gasteiger partial charge in [-0.1, -0.05) is 36.8 Å². The number of guanidine groups is 1. The number of hydrogen-bond acceptors (Lipinski definition) is 3. The summed E-state index contributed by atoms with van der Waals surface area (Å²) in [7, 11) is 1.80. The maximum Gasteiger partial charge on any atom is 0.191 e. The molecule has 1 fully saturated rings. The third kappa shape index (κ3) is 6.34. The minimum Gasteiger partial charge on any atom is -0.356 e. The molecule has 2 N–H and O–H groups in total. The number of pyridine rings is 1. The minimum atomic E-state index is 0.704. The van der Waals surface area contributed by atoms with Crippen molar-refractivity contribution >= 4 is 5.96 Å². The van der Waals surface area contributed by atoms with E-state index in [1.807, 2.05) is 24.4 Å². The third-order valence-corrected chi connectivity index (χ3v) is 5.43. The predicted octanol–water partition coefficient (Wildman–Crippen LogP) is 3.36. The quantitative estimate of drug-likeness (QED) is 0.572. The molecule has 28 heavy (non-hydrogen) atoms. The molecule has 3 rings (SSSR count). The lowest BCUT2D eigenvalue weighted by Crippen LogP contribution is -2.38. The number of aromatic nitrogens is 1. The normalized spacial score (nSPS) is 18.1. The molecule has 1 aliphatic rings. The first-order chi connectivity index (χ1) is 13.7. The Hall–Kier alpha value is -2.40. The van der Waals surface area contributed by atoms with Gasteiger partial charge in [-0.05, 0) is 49.6 Å². The summed E-state index contributed by atoms with van der Waals surface area (Å²) in [6, 6.07) is 15.7. The van der Waals surface area contributed by atoms with E-state index in [4.69, 9.17) is 0 Å². The molecule has 0 amide bonds. The molecule has 2 heterocycles. The zero-order chi connectivity index (χ0) is 19.6. The van der Waals surface area contributed by atoms with Crippen LogP contribution in [0.3, 0.4) is 0 Å². The Morgan fingerprint density at radius 2 is 1.93 bits per heavy atom. The van der Waals surface area contributed by atoms with E-state index in [-0.39, 0.29) is 0 Å². The fraction of sp³-hybridized carbons (Fsp3) is 0.478. The van der Waals surface area contributed by atoms with Gasteiger partial charge in [-0.15, -0.1) is 0 Å². The average molecular weight is 380 g/mol. The van der Waals surface area contributed by atoms with Crippen LogP contribution in [0, 0.1) is 0 Å². The number of aliphatic imine (C=N–C) groups is 1. The highest BCUT2D eigenvalue weighted by atomic mass is 15.2. The molecule has 1 aromatic heterocycles. The molecule has 1 unspecified atom stereocenters. The molecule has 1 aliphatic heterocycles. The topological polar surface area (TPSA) is 52.6 Å². The summed E-state index contributed by atoms with van der Waals surface area (Å²) in [5, 5.41) is 6.74. The first kappa shape index (κ1) is 20.3. The van der Waals surface area contributed by atoms with Crippen LogP contribution in [0.15, 0.2) is 53.7 Å². The summed E-state index contributed by atoms with van der Waals surface area (Å²) in [5.74, 6) is 0.821. The fourth-order valence-electron chi connectivity index (χ4n) is 3.65. The highest BCUT2D eigenvalue weighted by molar-refractivity contribution is 5.79. The van der Waals surface area contributed by atoms with Crippen LogP contribution in [0.5, 0.6) is 0 Å². The molecule has 2 aromatic rings. The largest absolute Gasteiger partial charge is 0.356 e. The molecule has 1 atom stereocenters. The van der Waals surface area contributed by atoms with E-state index in [0.717, 1.165) is 37.7 Å². The van der Waals surface area contributed by atoms with Crippen LogP contribution in [0.25, 0.3) is 0 Å². The van der Waals surface area contributed by atoms with Crippen molar-refractivity contribution in [2.45, 2.75) is 51.7 Å². The van der Waals surface area contributed by atoms with Crippen molar-refractivity contribution in [3.8, 4) is 0 Å². The van der Waals surface area contributed by atoms with Gasteiger partial charge in [0.1, 0.15) is 0 Å². The van der Waals surface area contributed by atoms with Gasteiger partial charge < -0.3 is 10.6 Å². The number of benzene rings is 1. The van der Waals surface area contributed by atoms with Crippen LogP contribution in [0.2, 0.25) is 0 Å². The Kier molecular flexibility index (Phi) is 7.85. The van der Waals surface area contributed by atoms with Gasteiger partial charge in [0.05, 0.1) is 0 Å². The molecule has 0 spiro atoms. The SMILES string of the molecule is CN=C(NCCc1ccccn1)NCc1ccc(CN2CCCCC2C)cc1. The lowest BCUT2D eigenvalue weighted by Gasteiger charge is -2.33. The maximum atomic E-state index is 4.35. The van der Waals surface area contributed by atoms with Crippen molar-refractivity contribution in [2.75, 3.05) is 20.1 Å². The van der Waals surface area contributed by atoms with Gasteiger partial charge in [0.15, 0.2) is 5.96 Å². The second-order valence-electron chi connectivity index (χ2n) is 7.56. The van der Waals surface area contributed by atoms with Crippen LogP contribution >= 0.6 is 0 Å². The third-order valence-electron chi connectivity index (χ3n) is 5.43. The molecular formula is C23H33N5. The highest BCUT2D eigenvalue weighted by Gasteiger charge is 2.17. The van der Waals surface area contributed by atoms with Crippen molar-refractivity contribution in [3.63, 3.8) is 0 Å². The second kappa shape index (κ2) is 10.8. The van der Waals surface area contributed by atoms with Gasteiger partial charge in [-0.25, -0.2) is 0 Å². The minimum absolute atomic E-state index is 0.704. The van der Waals surface area contributed by atoms with E-state index in [2.05, 4.69) is 56.7 Å². The van der Waals surface area contributed by atoms with Gasteiger partial charge in [0, 0.05) is 51.0 Å². The van der Waals surface area contributed by atoms with Gasteiger partial charge in [-0.3, -0.25) is 14.9 Å². The Morgan fingerprint density at radius 3 is 2.64 bits per heavy atom. The summed E-state index contributed by atoms with van der Waals surface area (Å²) in [4.78, 5) is 11.3. The standard InChI is InChI=1S/C23H33N5/c1-19-7-4-6-16-28(19)18-21-11-9-20(10-12-21)17-27-23(24-2)26-15-13-22-8-3-5-14-25-22/h3,5,8-12,14,19H,4,6-7,13,15-18H2,1-2H3,(H2,24,26,27). The predicted molar refractivity (Wildman–Crippen MR) is 116 cm³/mol. The molecule has 1 saturated heterocycles. The summed E-state index contributed by atoms with van der Waals surface area (Å²) in [6.07, 6.45) is 6.75. The van der Waals surface area contributed by atoms with Gasteiger partial charge >= 0.3 is 0 Å². The molecule has 1 aromatic carbocycles. The lowest BCUT2D eigenvalue weighted by atomic mass is 10.0. The van der Waals surface area contributed by atoms with Gasteiger partial charge in [-0.2, -0.15) is 0 Å². The van der Waals surface area contributed by atoms with Gasteiger partial charge in [0.2, 0.25) is 0 Å². The van der Waals surface area contributed by atoms with Crippen LogP contribution in [-0.2, 0) is 19.5 Å². The Morgan fingerprint density at radius 1 is 1.11 bits per heavy atom. The van der Waals surface area contributed by atoms with Crippen LogP contribution < -0.4 is 10.6 Å². The highest BCUT2D eigenvalue weighted by Crippen LogP contribution is 2.19. The fourth-order valence-corrected chi connectivity index (χ4v) is 3.65. The van der Waals surface area contributed by atoms with E-state index < -0.39 is 0 Å². The number of nitrogens with zero attached hydrogens (tertiary/aromatic N) is 3. The van der Waals surface area contributed by atoms with Crippen LogP contribution in [0.4, 0.5) is 0 Å². The second-order valence-corrected chi connectivity index (χ2v) is 7.56.